The summed E-state index contributed by atoms with van der Waals surface area (Å²) in [6.45, 7) is 8.21. The van der Waals surface area contributed by atoms with Crippen molar-refractivity contribution in [3.63, 3.8) is 0 Å². The Bertz CT molecular complexity index is 205. The maximum absolute atomic E-state index is 5.87. The Hall–Kier alpha value is -0.160. The van der Waals surface area contributed by atoms with E-state index in [1.165, 1.54) is 0 Å². The molecule has 0 atom stereocenters. The molecule has 0 bridgehead atoms. The zero-order valence-corrected chi connectivity index (χ0v) is 11.2. The maximum atomic E-state index is 5.87. The zero-order valence-electron chi connectivity index (χ0n) is 11.2. The second-order valence-electron chi connectivity index (χ2n) is 5.16. The summed E-state index contributed by atoms with van der Waals surface area (Å²) in [6, 6.07) is 0. The number of hydrogen-bond donors (Lipinski definition) is 0. The van der Waals surface area contributed by atoms with Gasteiger partial charge in [-0.05, 0) is 27.7 Å². The second-order valence-corrected chi connectivity index (χ2v) is 5.16. The van der Waals surface area contributed by atoms with Crippen molar-refractivity contribution in [1.82, 2.24) is 0 Å². The molecule has 4 nitrogen and oxygen atoms in total. The van der Waals surface area contributed by atoms with Crippen LogP contribution in [0.5, 0.6) is 0 Å². The maximum Gasteiger partial charge on any atom is 0.159 e. The van der Waals surface area contributed by atoms with Gasteiger partial charge in [-0.15, -0.1) is 0 Å². The lowest BCUT2D eigenvalue weighted by atomic mass is 9.90. The Morgan fingerprint density at radius 2 is 1.44 bits per heavy atom. The Balaban J connectivity index is 2.42. The van der Waals surface area contributed by atoms with E-state index in [0.717, 1.165) is 12.8 Å². The van der Waals surface area contributed by atoms with E-state index in [1.807, 2.05) is 0 Å². The lowest BCUT2D eigenvalue weighted by Crippen LogP contribution is -2.41. The minimum absolute atomic E-state index is 0.169. The van der Waals surface area contributed by atoms with Crippen LogP contribution in [0.1, 0.15) is 40.5 Å². The topological polar surface area (TPSA) is 36.9 Å². The molecule has 1 fully saturated rings. The van der Waals surface area contributed by atoms with Crippen LogP contribution in [0.4, 0.5) is 0 Å². The predicted octanol–water partition coefficient (Wildman–Crippen LogP) is 2.32. The van der Waals surface area contributed by atoms with E-state index in [1.54, 1.807) is 14.2 Å². The van der Waals surface area contributed by atoms with Gasteiger partial charge in [-0.25, -0.2) is 0 Å². The van der Waals surface area contributed by atoms with Gasteiger partial charge in [-0.2, -0.15) is 0 Å². The summed E-state index contributed by atoms with van der Waals surface area (Å²) in [5.74, 6) is 0. The molecule has 0 aliphatic carbocycles. The SMILES string of the molecule is COC(CCC1OC(C)(C)C(C)(C)O1)OC. The highest BCUT2D eigenvalue weighted by atomic mass is 16.7. The molecular formula is C12H24O4. The molecule has 0 N–H and O–H groups in total. The molecule has 4 heteroatoms. The predicted molar refractivity (Wildman–Crippen MR) is 61.2 cm³/mol. The van der Waals surface area contributed by atoms with Crippen LogP contribution in [-0.4, -0.2) is 38.0 Å². The molecule has 1 aliphatic rings. The zero-order chi connectivity index (χ0) is 12.4. The molecule has 0 amide bonds. The van der Waals surface area contributed by atoms with Gasteiger partial charge in [0.05, 0.1) is 11.2 Å². The van der Waals surface area contributed by atoms with Gasteiger partial charge in [0.1, 0.15) is 0 Å². The Morgan fingerprint density at radius 3 is 1.81 bits per heavy atom. The molecule has 0 saturated carbocycles. The number of ether oxygens (including phenoxy) is 4. The molecule has 1 heterocycles. The lowest BCUT2D eigenvalue weighted by molar-refractivity contribution is -0.135. The fourth-order valence-corrected chi connectivity index (χ4v) is 1.69. The number of hydrogen-bond acceptors (Lipinski definition) is 4. The van der Waals surface area contributed by atoms with Crippen molar-refractivity contribution in [3.05, 3.63) is 0 Å². The summed E-state index contributed by atoms with van der Waals surface area (Å²) < 4.78 is 22.0. The van der Waals surface area contributed by atoms with Gasteiger partial charge < -0.3 is 18.9 Å². The van der Waals surface area contributed by atoms with Crippen LogP contribution in [0, 0.1) is 0 Å². The average molecular weight is 232 g/mol. The van der Waals surface area contributed by atoms with Gasteiger partial charge in [0.25, 0.3) is 0 Å². The van der Waals surface area contributed by atoms with E-state index in [4.69, 9.17) is 18.9 Å². The van der Waals surface area contributed by atoms with Crippen molar-refractivity contribution < 1.29 is 18.9 Å². The Labute approximate surface area is 98.2 Å². The quantitative estimate of drug-likeness (QED) is 0.682. The van der Waals surface area contributed by atoms with E-state index in [9.17, 15) is 0 Å². The molecule has 0 aromatic carbocycles. The molecule has 0 aromatic heterocycles. The van der Waals surface area contributed by atoms with Gasteiger partial charge >= 0.3 is 0 Å². The van der Waals surface area contributed by atoms with E-state index in [2.05, 4.69) is 27.7 Å². The van der Waals surface area contributed by atoms with Crippen LogP contribution >= 0.6 is 0 Å². The lowest BCUT2D eigenvalue weighted by Gasteiger charge is -2.30. The summed E-state index contributed by atoms with van der Waals surface area (Å²) in [6.07, 6.45) is 1.19. The molecule has 1 saturated heterocycles. The number of methoxy groups -OCH3 is 2. The summed E-state index contributed by atoms with van der Waals surface area (Å²) in [5.41, 5.74) is -0.513. The second kappa shape index (κ2) is 5.00. The Morgan fingerprint density at radius 1 is 1.00 bits per heavy atom. The fraction of sp³-hybridized carbons (Fsp3) is 1.00. The van der Waals surface area contributed by atoms with Crippen LogP contribution < -0.4 is 0 Å². The van der Waals surface area contributed by atoms with Gasteiger partial charge in [0.15, 0.2) is 12.6 Å². The van der Waals surface area contributed by atoms with Crippen molar-refractivity contribution in [2.75, 3.05) is 14.2 Å². The third-order valence-electron chi connectivity index (χ3n) is 3.47. The molecule has 1 rings (SSSR count). The molecule has 0 aromatic rings. The largest absolute Gasteiger partial charge is 0.356 e. The highest BCUT2D eigenvalue weighted by Crippen LogP contribution is 2.39. The van der Waals surface area contributed by atoms with Crippen molar-refractivity contribution in [2.24, 2.45) is 0 Å². The molecule has 96 valence electrons. The summed E-state index contributed by atoms with van der Waals surface area (Å²) in [4.78, 5) is 0. The monoisotopic (exact) mass is 232 g/mol. The molecule has 0 spiro atoms. The smallest absolute Gasteiger partial charge is 0.159 e. The highest BCUT2D eigenvalue weighted by molar-refractivity contribution is 4.94. The molecule has 1 aliphatic heterocycles. The van der Waals surface area contributed by atoms with Crippen molar-refractivity contribution >= 4 is 0 Å². The molecule has 0 radical (unpaired) electrons. The first-order chi connectivity index (χ1) is 7.32. The van der Waals surface area contributed by atoms with E-state index >= 15 is 0 Å². The van der Waals surface area contributed by atoms with Crippen molar-refractivity contribution in [1.29, 1.82) is 0 Å². The molecule has 0 unspecified atom stereocenters. The van der Waals surface area contributed by atoms with Gasteiger partial charge in [-0.3, -0.25) is 0 Å². The first-order valence-electron chi connectivity index (χ1n) is 5.73. The van der Waals surface area contributed by atoms with Crippen LogP contribution in [0.2, 0.25) is 0 Å². The van der Waals surface area contributed by atoms with Gasteiger partial charge in [0, 0.05) is 27.1 Å². The van der Waals surface area contributed by atoms with Crippen LogP contribution in [0.15, 0.2) is 0 Å². The molecule has 16 heavy (non-hydrogen) atoms. The molecular weight excluding hydrogens is 208 g/mol. The van der Waals surface area contributed by atoms with E-state index in [0.29, 0.717) is 0 Å². The minimum Gasteiger partial charge on any atom is -0.356 e. The van der Waals surface area contributed by atoms with Crippen LogP contribution in [0.3, 0.4) is 0 Å². The fourth-order valence-electron chi connectivity index (χ4n) is 1.69. The minimum atomic E-state index is -0.257. The average Bonchev–Trinajstić information content (AvgIpc) is 2.37. The number of rotatable bonds is 5. The van der Waals surface area contributed by atoms with Crippen LogP contribution in [-0.2, 0) is 18.9 Å². The van der Waals surface area contributed by atoms with E-state index < -0.39 is 0 Å². The summed E-state index contributed by atoms with van der Waals surface area (Å²) in [5, 5.41) is 0. The van der Waals surface area contributed by atoms with Crippen molar-refractivity contribution in [3.8, 4) is 0 Å². The van der Waals surface area contributed by atoms with Gasteiger partial charge in [-0.1, -0.05) is 0 Å². The standard InChI is InChI=1S/C12H24O4/c1-11(2)12(3,4)16-10(15-11)8-7-9(13-5)14-6/h9-10H,7-8H2,1-6H3. The van der Waals surface area contributed by atoms with E-state index in [-0.39, 0.29) is 23.8 Å². The highest BCUT2D eigenvalue weighted by Gasteiger charge is 2.48. The summed E-state index contributed by atoms with van der Waals surface area (Å²) >= 11 is 0. The van der Waals surface area contributed by atoms with Crippen molar-refractivity contribution in [2.45, 2.75) is 64.3 Å². The Kier molecular flexibility index (Phi) is 4.35. The third-order valence-corrected chi connectivity index (χ3v) is 3.47. The first kappa shape index (κ1) is 13.9. The normalized spacial score (nSPS) is 24.2. The van der Waals surface area contributed by atoms with Crippen LogP contribution in [0.25, 0.3) is 0 Å². The van der Waals surface area contributed by atoms with Gasteiger partial charge in [0.2, 0.25) is 0 Å². The summed E-state index contributed by atoms with van der Waals surface area (Å²) in [7, 11) is 3.27. The third kappa shape index (κ3) is 2.94. The first-order valence-corrected chi connectivity index (χ1v) is 5.73.